The molecule has 88 valence electrons. The third-order valence-corrected chi connectivity index (χ3v) is 2.52. The smallest absolute Gasteiger partial charge is 0.251 e. The first-order valence-corrected chi connectivity index (χ1v) is 5.82. The quantitative estimate of drug-likeness (QED) is 0.761. The van der Waals surface area contributed by atoms with Crippen molar-refractivity contribution in [1.82, 2.24) is 5.32 Å². The van der Waals surface area contributed by atoms with E-state index >= 15 is 0 Å². The molecule has 0 bridgehead atoms. The van der Waals surface area contributed by atoms with Crippen LogP contribution in [0.1, 0.15) is 36.7 Å². The van der Waals surface area contributed by atoms with Crippen molar-refractivity contribution in [3.05, 3.63) is 29.3 Å². The van der Waals surface area contributed by atoms with Crippen molar-refractivity contribution < 1.29 is 4.79 Å². The Balaban J connectivity index is 2.77. The lowest BCUT2D eigenvalue weighted by Gasteiger charge is -2.19. The lowest BCUT2D eigenvalue weighted by atomic mass is 9.96. The standard InChI is InChI=1S/C13H19NOS/c1-9-5-6-10(16)7-11(9)12(15)14-8-13(2,3)4/h5-7,16H,8H2,1-4H3,(H,14,15). The second kappa shape index (κ2) is 4.91. The summed E-state index contributed by atoms with van der Waals surface area (Å²) >= 11 is 4.24. The molecule has 1 N–H and O–H groups in total. The Labute approximate surface area is 103 Å². The average molecular weight is 237 g/mol. The van der Waals surface area contributed by atoms with Crippen molar-refractivity contribution in [1.29, 1.82) is 0 Å². The zero-order chi connectivity index (χ0) is 12.3. The summed E-state index contributed by atoms with van der Waals surface area (Å²) in [6.45, 7) is 8.88. The maximum Gasteiger partial charge on any atom is 0.251 e. The van der Waals surface area contributed by atoms with Gasteiger partial charge in [0.25, 0.3) is 5.91 Å². The summed E-state index contributed by atoms with van der Waals surface area (Å²) in [4.78, 5) is 12.7. The molecular formula is C13H19NOS. The zero-order valence-corrected chi connectivity index (χ0v) is 11.2. The van der Waals surface area contributed by atoms with E-state index in [1.807, 2.05) is 19.1 Å². The van der Waals surface area contributed by atoms with E-state index in [1.54, 1.807) is 6.07 Å². The van der Waals surface area contributed by atoms with Crippen molar-refractivity contribution in [2.45, 2.75) is 32.6 Å². The molecule has 3 heteroatoms. The van der Waals surface area contributed by atoms with Gasteiger partial charge >= 0.3 is 0 Å². The maximum atomic E-state index is 11.9. The van der Waals surface area contributed by atoms with Crippen molar-refractivity contribution in [3.8, 4) is 0 Å². The third kappa shape index (κ3) is 3.89. The molecular weight excluding hydrogens is 218 g/mol. The minimum atomic E-state index is -0.0247. The SMILES string of the molecule is Cc1ccc(S)cc1C(=O)NCC(C)(C)C. The minimum absolute atomic E-state index is 0.0247. The molecule has 0 spiro atoms. The summed E-state index contributed by atoms with van der Waals surface area (Å²) in [5.41, 5.74) is 1.78. The second-order valence-electron chi connectivity index (χ2n) is 5.24. The molecule has 0 aliphatic carbocycles. The van der Waals surface area contributed by atoms with Crippen molar-refractivity contribution in [2.24, 2.45) is 5.41 Å². The van der Waals surface area contributed by atoms with Crippen LogP contribution < -0.4 is 5.32 Å². The van der Waals surface area contributed by atoms with Gasteiger partial charge in [-0.1, -0.05) is 26.8 Å². The van der Waals surface area contributed by atoms with Crippen LogP contribution in [0.5, 0.6) is 0 Å². The van der Waals surface area contributed by atoms with E-state index in [-0.39, 0.29) is 11.3 Å². The first-order valence-electron chi connectivity index (χ1n) is 5.37. The fourth-order valence-corrected chi connectivity index (χ4v) is 1.50. The summed E-state index contributed by atoms with van der Waals surface area (Å²) in [7, 11) is 0. The second-order valence-corrected chi connectivity index (χ2v) is 5.76. The number of aryl methyl sites for hydroxylation is 1. The number of rotatable bonds is 2. The Kier molecular flexibility index (Phi) is 4.03. The van der Waals surface area contributed by atoms with Crippen LogP contribution in [-0.2, 0) is 0 Å². The normalized spacial score (nSPS) is 11.3. The molecule has 0 saturated carbocycles. The topological polar surface area (TPSA) is 29.1 Å². The average Bonchev–Trinajstić information content (AvgIpc) is 2.17. The molecule has 0 aliphatic rings. The van der Waals surface area contributed by atoms with Crippen LogP contribution in [0, 0.1) is 12.3 Å². The van der Waals surface area contributed by atoms with Gasteiger partial charge < -0.3 is 5.32 Å². The Morgan fingerprint density at radius 3 is 2.56 bits per heavy atom. The Morgan fingerprint density at radius 2 is 2.00 bits per heavy atom. The fourth-order valence-electron chi connectivity index (χ4n) is 1.30. The molecule has 2 nitrogen and oxygen atoms in total. The monoisotopic (exact) mass is 237 g/mol. The maximum absolute atomic E-state index is 11.9. The van der Waals surface area contributed by atoms with Gasteiger partial charge in [0.2, 0.25) is 0 Å². The highest BCUT2D eigenvalue weighted by molar-refractivity contribution is 7.80. The highest BCUT2D eigenvalue weighted by atomic mass is 32.1. The molecule has 0 saturated heterocycles. The Hall–Kier alpha value is -0.960. The van der Waals surface area contributed by atoms with E-state index in [0.717, 1.165) is 10.5 Å². The van der Waals surface area contributed by atoms with Gasteiger partial charge in [-0.15, -0.1) is 12.6 Å². The first-order chi connectivity index (χ1) is 7.29. The van der Waals surface area contributed by atoms with Crippen LogP contribution in [0.2, 0.25) is 0 Å². The first kappa shape index (κ1) is 13.1. The number of carbonyl (C=O) groups is 1. The van der Waals surface area contributed by atoms with E-state index in [2.05, 4.69) is 38.7 Å². The number of hydrogen-bond acceptors (Lipinski definition) is 2. The van der Waals surface area contributed by atoms with Gasteiger partial charge in [-0.3, -0.25) is 4.79 Å². The van der Waals surface area contributed by atoms with Crippen molar-refractivity contribution in [2.75, 3.05) is 6.54 Å². The summed E-state index contributed by atoms with van der Waals surface area (Å²) in [6, 6.07) is 5.60. The van der Waals surface area contributed by atoms with E-state index in [4.69, 9.17) is 0 Å². The lowest BCUT2D eigenvalue weighted by Crippen LogP contribution is -2.32. The molecule has 1 amide bonds. The summed E-state index contributed by atoms with van der Waals surface area (Å²) in [5.74, 6) is -0.0247. The summed E-state index contributed by atoms with van der Waals surface area (Å²) in [5, 5.41) is 2.93. The van der Waals surface area contributed by atoms with E-state index < -0.39 is 0 Å². The number of amides is 1. The van der Waals surface area contributed by atoms with Crippen LogP contribution in [0.15, 0.2) is 23.1 Å². The summed E-state index contributed by atoms with van der Waals surface area (Å²) in [6.07, 6.45) is 0. The third-order valence-electron chi connectivity index (χ3n) is 2.25. The van der Waals surface area contributed by atoms with Crippen LogP contribution in [0.25, 0.3) is 0 Å². The molecule has 0 radical (unpaired) electrons. The number of nitrogens with one attached hydrogen (secondary N) is 1. The molecule has 1 aromatic rings. The van der Waals surface area contributed by atoms with Gasteiger partial charge in [0.05, 0.1) is 0 Å². The molecule has 0 heterocycles. The van der Waals surface area contributed by atoms with Gasteiger partial charge in [0.15, 0.2) is 0 Å². The highest BCUT2D eigenvalue weighted by Gasteiger charge is 2.14. The minimum Gasteiger partial charge on any atom is -0.352 e. The lowest BCUT2D eigenvalue weighted by molar-refractivity contribution is 0.0938. The van der Waals surface area contributed by atoms with Crippen LogP contribution in [-0.4, -0.2) is 12.5 Å². The van der Waals surface area contributed by atoms with Gasteiger partial charge in [0.1, 0.15) is 0 Å². The van der Waals surface area contributed by atoms with Crippen LogP contribution >= 0.6 is 12.6 Å². The Morgan fingerprint density at radius 1 is 1.38 bits per heavy atom. The number of hydrogen-bond donors (Lipinski definition) is 2. The molecule has 1 aromatic carbocycles. The van der Waals surface area contributed by atoms with E-state index in [1.165, 1.54) is 0 Å². The molecule has 0 unspecified atom stereocenters. The predicted octanol–water partition coefficient (Wildman–Crippen LogP) is 3.06. The largest absolute Gasteiger partial charge is 0.352 e. The number of benzene rings is 1. The summed E-state index contributed by atoms with van der Waals surface area (Å²) < 4.78 is 0. The number of thiol groups is 1. The predicted molar refractivity (Wildman–Crippen MR) is 70.2 cm³/mol. The highest BCUT2D eigenvalue weighted by Crippen LogP contribution is 2.15. The molecule has 0 fully saturated rings. The zero-order valence-electron chi connectivity index (χ0n) is 10.3. The fraction of sp³-hybridized carbons (Fsp3) is 0.462. The van der Waals surface area contributed by atoms with Gasteiger partial charge in [0, 0.05) is 17.0 Å². The Bertz CT molecular complexity index is 393. The van der Waals surface area contributed by atoms with Crippen LogP contribution in [0.3, 0.4) is 0 Å². The number of carbonyl (C=O) groups excluding carboxylic acids is 1. The van der Waals surface area contributed by atoms with Crippen molar-refractivity contribution in [3.63, 3.8) is 0 Å². The van der Waals surface area contributed by atoms with Gasteiger partial charge in [-0.05, 0) is 30.0 Å². The molecule has 0 aromatic heterocycles. The molecule has 0 atom stereocenters. The molecule has 0 aliphatic heterocycles. The van der Waals surface area contributed by atoms with Crippen LogP contribution in [0.4, 0.5) is 0 Å². The molecule has 1 rings (SSSR count). The van der Waals surface area contributed by atoms with E-state index in [9.17, 15) is 4.79 Å². The van der Waals surface area contributed by atoms with E-state index in [0.29, 0.717) is 12.1 Å². The van der Waals surface area contributed by atoms with Crippen molar-refractivity contribution >= 4 is 18.5 Å². The molecule has 16 heavy (non-hydrogen) atoms. The van der Waals surface area contributed by atoms with Gasteiger partial charge in [-0.2, -0.15) is 0 Å². The van der Waals surface area contributed by atoms with Gasteiger partial charge in [-0.25, -0.2) is 0 Å².